The molecule has 0 bridgehead atoms. The fourth-order valence-electron chi connectivity index (χ4n) is 0.993. The Kier molecular flexibility index (Phi) is 3.68. The van der Waals surface area contributed by atoms with Crippen LogP contribution in [0.5, 0.6) is 5.75 Å². The third-order valence-corrected chi connectivity index (χ3v) is 2.14. The molecule has 1 unspecified atom stereocenters. The molecule has 0 saturated carbocycles. The summed E-state index contributed by atoms with van der Waals surface area (Å²) < 4.78 is 5.05. The van der Waals surface area contributed by atoms with Crippen LogP contribution >= 0.6 is 11.6 Å². The third-order valence-electron chi connectivity index (χ3n) is 1.84. The average Bonchev–Trinajstić information content (AvgIpc) is 2.20. The maximum atomic E-state index is 10.8. The minimum atomic E-state index is -0.987. The Morgan fingerprint density at radius 3 is 2.75 bits per heavy atom. The summed E-state index contributed by atoms with van der Waals surface area (Å²) in [5.74, 6) is -0.880. The molecule has 86 valence electrons. The maximum Gasteiger partial charge on any atom is 0.312 e. The molecule has 0 heterocycles. The first-order chi connectivity index (χ1) is 7.43. The molecule has 0 aliphatic carbocycles. The molecule has 16 heavy (non-hydrogen) atoms. The van der Waals surface area contributed by atoms with Gasteiger partial charge in [-0.25, -0.2) is 0 Å². The predicted octanol–water partition coefficient (Wildman–Crippen LogP) is 1.50. The van der Waals surface area contributed by atoms with Crippen molar-refractivity contribution in [1.29, 1.82) is 0 Å². The van der Waals surface area contributed by atoms with Gasteiger partial charge in [0.2, 0.25) is 5.75 Å². The molecule has 0 spiro atoms. The lowest BCUT2D eigenvalue weighted by Crippen LogP contribution is -2.30. The van der Waals surface area contributed by atoms with E-state index in [0.717, 1.165) is 0 Å². The molecule has 1 atom stereocenters. The maximum absolute atomic E-state index is 10.8. The van der Waals surface area contributed by atoms with Crippen LogP contribution in [0, 0.1) is 10.1 Å². The largest absolute Gasteiger partial charge is 0.473 e. The fourth-order valence-corrected chi connectivity index (χ4v) is 1.21. The number of nitrogens with two attached hydrogens (primary N) is 1. The number of nitro groups is 1. The van der Waals surface area contributed by atoms with Crippen LogP contribution in [0.1, 0.15) is 6.92 Å². The van der Waals surface area contributed by atoms with Gasteiger partial charge in [0.1, 0.15) is 0 Å². The Bertz CT molecular complexity index is 436. The molecule has 1 amide bonds. The zero-order chi connectivity index (χ0) is 12.3. The third kappa shape index (κ3) is 2.60. The highest BCUT2D eigenvalue weighted by molar-refractivity contribution is 6.32. The monoisotopic (exact) mass is 244 g/mol. The van der Waals surface area contributed by atoms with Gasteiger partial charge in [0.25, 0.3) is 5.91 Å². The van der Waals surface area contributed by atoms with Crippen molar-refractivity contribution in [3.05, 3.63) is 33.3 Å². The zero-order valence-corrected chi connectivity index (χ0v) is 9.10. The summed E-state index contributed by atoms with van der Waals surface area (Å²) >= 11 is 5.74. The number of carbonyl (C=O) groups excluding carboxylic acids is 1. The van der Waals surface area contributed by atoms with Crippen molar-refractivity contribution >= 4 is 23.2 Å². The van der Waals surface area contributed by atoms with E-state index in [1.807, 2.05) is 0 Å². The number of para-hydroxylation sites is 1. The number of carbonyl (C=O) groups is 1. The highest BCUT2D eigenvalue weighted by atomic mass is 35.5. The van der Waals surface area contributed by atoms with E-state index in [9.17, 15) is 14.9 Å². The molecule has 1 aromatic carbocycles. The van der Waals surface area contributed by atoms with E-state index in [0.29, 0.717) is 0 Å². The van der Waals surface area contributed by atoms with Gasteiger partial charge in [-0.2, -0.15) is 0 Å². The standard InChI is InChI=1S/C9H9ClN2O4/c1-5(9(11)13)16-8-6(10)3-2-4-7(8)12(14)15/h2-5H,1H3,(H2,11,13). The number of primary amides is 1. The Hall–Kier alpha value is -1.82. The number of nitrogens with zero attached hydrogens (tertiary/aromatic N) is 1. The first kappa shape index (κ1) is 12.3. The molecule has 2 N–H and O–H groups in total. The lowest BCUT2D eigenvalue weighted by molar-refractivity contribution is -0.386. The number of hydrogen-bond acceptors (Lipinski definition) is 4. The number of benzene rings is 1. The highest BCUT2D eigenvalue weighted by Gasteiger charge is 2.22. The Morgan fingerprint density at radius 2 is 2.25 bits per heavy atom. The second kappa shape index (κ2) is 4.80. The normalized spacial score (nSPS) is 11.9. The summed E-state index contributed by atoms with van der Waals surface area (Å²) in [7, 11) is 0. The summed E-state index contributed by atoms with van der Waals surface area (Å²) in [6.45, 7) is 1.38. The lowest BCUT2D eigenvalue weighted by atomic mass is 10.3. The number of nitro benzene ring substituents is 1. The van der Waals surface area contributed by atoms with Crippen molar-refractivity contribution in [3.63, 3.8) is 0 Å². The second-order valence-corrected chi connectivity index (χ2v) is 3.41. The van der Waals surface area contributed by atoms with Crippen LogP contribution in [-0.4, -0.2) is 16.9 Å². The topological polar surface area (TPSA) is 95.5 Å². The van der Waals surface area contributed by atoms with E-state index in [2.05, 4.69) is 0 Å². The first-order valence-electron chi connectivity index (χ1n) is 4.32. The van der Waals surface area contributed by atoms with Crippen molar-refractivity contribution in [2.24, 2.45) is 5.73 Å². The van der Waals surface area contributed by atoms with Crippen LogP contribution in [0.4, 0.5) is 5.69 Å². The van der Waals surface area contributed by atoms with Gasteiger partial charge in [0, 0.05) is 6.07 Å². The van der Waals surface area contributed by atoms with Gasteiger partial charge < -0.3 is 10.5 Å². The molecule has 1 aromatic rings. The number of rotatable bonds is 4. The van der Waals surface area contributed by atoms with E-state index in [1.165, 1.54) is 25.1 Å². The quantitative estimate of drug-likeness (QED) is 0.641. The number of halogens is 1. The molecule has 6 nitrogen and oxygen atoms in total. The first-order valence-corrected chi connectivity index (χ1v) is 4.70. The van der Waals surface area contributed by atoms with Crippen LogP contribution in [0.25, 0.3) is 0 Å². The van der Waals surface area contributed by atoms with Gasteiger partial charge in [-0.3, -0.25) is 14.9 Å². The molecule has 0 aromatic heterocycles. The number of hydrogen-bond donors (Lipinski definition) is 1. The molecule has 0 saturated heterocycles. The zero-order valence-electron chi connectivity index (χ0n) is 8.34. The van der Waals surface area contributed by atoms with Gasteiger partial charge in [0.15, 0.2) is 6.10 Å². The minimum Gasteiger partial charge on any atom is -0.473 e. The van der Waals surface area contributed by atoms with E-state index >= 15 is 0 Å². The van der Waals surface area contributed by atoms with Crippen molar-refractivity contribution in [2.45, 2.75) is 13.0 Å². The Morgan fingerprint density at radius 1 is 1.62 bits per heavy atom. The number of ether oxygens (including phenoxy) is 1. The van der Waals surface area contributed by atoms with Crippen molar-refractivity contribution in [3.8, 4) is 5.75 Å². The van der Waals surface area contributed by atoms with Crippen molar-refractivity contribution < 1.29 is 14.5 Å². The minimum absolute atomic E-state index is 0.0577. The van der Waals surface area contributed by atoms with Gasteiger partial charge in [-0.15, -0.1) is 0 Å². The summed E-state index contributed by atoms with van der Waals surface area (Å²) in [4.78, 5) is 20.8. The summed E-state index contributed by atoms with van der Waals surface area (Å²) in [5, 5.41) is 10.7. The van der Waals surface area contributed by atoms with Gasteiger partial charge in [0.05, 0.1) is 9.95 Å². The molecule has 0 aliphatic heterocycles. The van der Waals surface area contributed by atoms with E-state index in [1.54, 1.807) is 0 Å². The SMILES string of the molecule is CC(Oc1c(Cl)cccc1[N+](=O)[O-])C(N)=O. The molecule has 0 radical (unpaired) electrons. The second-order valence-electron chi connectivity index (χ2n) is 3.01. The van der Waals surface area contributed by atoms with Gasteiger partial charge >= 0.3 is 5.69 Å². The van der Waals surface area contributed by atoms with E-state index < -0.39 is 16.9 Å². The van der Waals surface area contributed by atoms with Crippen molar-refractivity contribution in [2.75, 3.05) is 0 Å². The van der Waals surface area contributed by atoms with Crippen LogP contribution in [0.3, 0.4) is 0 Å². The van der Waals surface area contributed by atoms with E-state index in [-0.39, 0.29) is 16.5 Å². The average molecular weight is 245 g/mol. The summed E-state index contributed by atoms with van der Waals surface area (Å²) in [6.07, 6.45) is -0.987. The van der Waals surface area contributed by atoms with Gasteiger partial charge in [-0.1, -0.05) is 17.7 Å². The van der Waals surface area contributed by atoms with Gasteiger partial charge in [-0.05, 0) is 13.0 Å². The number of amides is 1. The van der Waals surface area contributed by atoms with Crippen molar-refractivity contribution in [1.82, 2.24) is 0 Å². The van der Waals surface area contributed by atoms with Crippen LogP contribution in [0.2, 0.25) is 5.02 Å². The molecule has 7 heteroatoms. The molecule has 1 rings (SSSR count). The summed E-state index contributed by atoms with van der Waals surface area (Å²) in [5.41, 5.74) is 4.68. The van der Waals surface area contributed by atoms with Crippen LogP contribution < -0.4 is 10.5 Å². The Labute approximate surface area is 96.1 Å². The fraction of sp³-hybridized carbons (Fsp3) is 0.222. The smallest absolute Gasteiger partial charge is 0.312 e. The molecule has 0 fully saturated rings. The molecule has 0 aliphatic rings. The molecular formula is C9H9ClN2O4. The molecular weight excluding hydrogens is 236 g/mol. The summed E-state index contributed by atoms with van der Waals surface area (Å²) in [6, 6.07) is 4.08. The van der Waals surface area contributed by atoms with Crippen LogP contribution in [-0.2, 0) is 4.79 Å². The predicted molar refractivity (Wildman–Crippen MR) is 57.4 cm³/mol. The lowest BCUT2D eigenvalue weighted by Gasteiger charge is -2.12. The Balaban J connectivity index is 3.11. The van der Waals surface area contributed by atoms with Crippen LogP contribution in [0.15, 0.2) is 18.2 Å². The van der Waals surface area contributed by atoms with E-state index in [4.69, 9.17) is 22.1 Å². The highest BCUT2D eigenvalue weighted by Crippen LogP contribution is 2.34.